The summed E-state index contributed by atoms with van der Waals surface area (Å²) in [6.45, 7) is 1.47. The molecule has 0 saturated carbocycles. The number of hydrogen-bond acceptors (Lipinski definition) is 4. The predicted molar refractivity (Wildman–Crippen MR) is 75.7 cm³/mol. The van der Waals surface area contributed by atoms with E-state index in [4.69, 9.17) is 10.5 Å². The van der Waals surface area contributed by atoms with Crippen LogP contribution >= 0.6 is 0 Å². The Kier molecular flexibility index (Phi) is 3.42. The molecule has 2 aromatic rings. The Labute approximate surface area is 115 Å². The van der Waals surface area contributed by atoms with Crippen LogP contribution in [0, 0.1) is 5.92 Å². The molecular formula is C14H17N3O3. The van der Waals surface area contributed by atoms with Gasteiger partial charge in [-0.25, -0.2) is 0 Å². The minimum atomic E-state index is -0.649. The van der Waals surface area contributed by atoms with Crippen molar-refractivity contribution in [3.05, 3.63) is 44.5 Å². The van der Waals surface area contributed by atoms with Crippen molar-refractivity contribution in [3.8, 4) is 0 Å². The number of nitrogens with two attached hydrogens (primary N) is 1. The van der Waals surface area contributed by atoms with Gasteiger partial charge in [0.05, 0.1) is 17.6 Å². The van der Waals surface area contributed by atoms with Crippen molar-refractivity contribution >= 4 is 11.0 Å². The number of H-pyrrole nitrogens is 2. The molecule has 6 heteroatoms. The minimum Gasteiger partial charge on any atom is -0.381 e. The van der Waals surface area contributed by atoms with Gasteiger partial charge < -0.3 is 20.4 Å². The second-order valence-corrected chi connectivity index (χ2v) is 5.22. The van der Waals surface area contributed by atoms with Crippen molar-refractivity contribution in [1.29, 1.82) is 0 Å². The van der Waals surface area contributed by atoms with E-state index in [1.807, 2.05) is 12.1 Å². The first-order chi connectivity index (χ1) is 9.65. The predicted octanol–water partition coefficient (Wildman–Crippen LogP) is 0.643. The number of aromatic amines is 2. The maximum Gasteiger partial charge on any atom is 0.314 e. The van der Waals surface area contributed by atoms with Crippen LogP contribution in [0.2, 0.25) is 0 Å². The molecule has 0 amide bonds. The van der Waals surface area contributed by atoms with E-state index in [2.05, 4.69) is 9.97 Å². The third-order valence-electron chi connectivity index (χ3n) is 3.83. The Morgan fingerprint density at radius 1 is 1.20 bits per heavy atom. The van der Waals surface area contributed by atoms with Crippen LogP contribution in [0.3, 0.4) is 0 Å². The van der Waals surface area contributed by atoms with E-state index in [0.717, 1.165) is 25.0 Å². The van der Waals surface area contributed by atoms with Crippen molar-refractivity contribution < 1.29 is 4.74 Å². The van der Waals surface area contributed by atoms with E-state index in [-0.39, 0.29) is 12.0 Å². The maximum atomic E-state index is 11.4. The third-order valence-corrected chi connectivity index (χ3v) is 3.83. The van der Waals surface area contributed by atoms with Crippen LogP contribution < -0.4 is 16.9 Å². The van der Waals surface area contributed by atoms with Gasteiger partial charge in [-0.05, 0) is 30.5 Å². The Morgan fingerprint density at radius 2 is 1.95 bits per heavy atom. The van der Waals surface area contributed by atoms with Gasteiger partial charge in [-0.2, -0.15) is 0 Å². The zero-order valence-electron chi connectivity index (χ0n) is 11.0. The first-order valence-electron chi connectivity index (χ1n) is 6.75. The zero-order chi connectivity index (χ0) is 14.1. The SMILES string of the molecule is NC(c1ccc2[nH]c(=O)c(=O)[nH]c2c1)C1CCCOC1. The maximum absolute atomic E-state index is 11.4. The summed E-state index contributed by atoms with van der Waals surface area (Å²) in [6.07, 6.45) is 2.07. The van der Waals surface area contributed by atoms with Crippen molar-refractivity contribution in [1.82, 2.24) is 9.97 Å². The summed E-state index contributed by atoms with van der Waals surface area (Å²) in [5, 5.41) is 0. The van der Waals surface area contributed by atoms with Gasteiger partial charge in [-0.15, -0.1) is 0 Å². The lowest BCUT2D eigenvalue weighted by molar-refractivity contribution is 0.0448. The molecule has 1 aromatic carbocycles. The van der Waals surface area contributed by atoms with Gasteiger partial charge in [0.2, 0.25) is 0 Å². The molecule has 20 heavy (non-hydrogen) atoms. The van der Waals surface area contributed by atoms with E-state index in [9.17, 15) is 9.59 Å². The van der Waals surface area contributed by atoms with Gasteiger partial charge >= 0.3 is 11.1 Å². The third kappa shape index (κ3) is 2.39. The quantitative estimate of drug-likeness (QED) is 0.700. The van der Waals surface area contributed by atoms with Crippen LogP contribution in [0.1, 0.15) is 24.4 Å². The standard InChI is InChI=1S/C14H17N3O3/c15-12(9-2-1-5-20-7-9)8-3-4-10-11(6-8)17-14(19)13(18)16-10/h3-4,6,9,12H,1-2,5,7,15H2,(H,16,18)(H,17,19). The van der Waals surface area contributed by atoms with Crippen LogP contribution in [0.4, 0.5) is 0 Å². The van der Waals surface area contributed by atoms with Crippen molar-refractivity contribution in [2.75, 3.05) is 13.2 Å². The largest absolute Gasteiger partial charge is 0.381 e. The van der Waals surface area contributed by atoms with E-state index >= 15 is 0 Å². The molecule has 2 heterocycles. The average Bonchev–Trinajstić information content (AvgIpc) is 2.48. The smallest absolute Gasteiger partial charge is 0.314 e. The minimum absolute atomic E-state index is 0.130. The highest BCUT2D eigenvalue weighted by Crippen LogP contribution is 2.27. The van der Waals surface area contributed by atoms with Gasteiger partial charge in [0.1, 0.15) is 0 Å². The molecule has 2 unspecified atom stereocenters. The highest BCUT2D eigenvalue weighted by molar-refractivity contribution is 5.74. The molecule has 3 rings (SSSR count). The van der Waals surface area contributed by atoms with Gasteiger partial charge in [0.25, 0.3) is 0 Å². The van der Waals surface area contributed by atoms with E-state index < -0.39 is 11.1 Å². The Hall–Kier alpha value is -1.92. The number of rotatable bonds is 2. The Bertz CT molecular complexity index is 728. The molecular weight excluding hydrogens is 258 g/mol. The molecule has 1 aliphatic heterocycles. The molecule has 2 atom stereocenters. The van der Waals surface area contributed by atoms with Crippen LogP contribution in [0.25, 0.3) is 11.0 Å². The highest BCUT2D eigenvalue weighted by Gasteiger charge is 2.22. The first-order valence-corrected chi connectivity index (χ1v) is 6.75. The van der Waals surface area contributed by atoms with Gasteiger partial charge in [-0.1, -0.05) is 6.07 Å². The summed E-state index contributed by atoms with van der Waals surface area (Å²) in [7, 11) is 0. The number of benzene rings is 1. The summed E-state index contributed by atoms with van der Waals surface area (Å²) >= 11 is 0. The topological polar surface area (TPSA) is 101 Å². The van der Waals surface area contributed by atoms with Crippen LogP contribution in [-0.2, 0) is 4.74 Å². The second kappa shape index (κ2) is 5.22. The molecule has 0 spiro atoms. The van der Waals surface area contributed by atoms with Crippen LogP contribution in [0.5, 0.6) is 0 Å². The van der Waals surface area contributed by atoms with Crippen molar-refractivity contribution in [2.24, 2.45) is 11.7 Å². The summed E-state index contributed by atoms with van der Waals surface area (Å²) in [5.41, 5.74) is 7.13. The van der Waals surface area contributed by atoms with Crippen molar-refractivity contribution in [3.63, 3.8) is 0 Å². The molecule has 4 N–H and O–H groups in total. The number of nitrogens with one attached hydrogen (secondary N) is 2. The second-order valence-electron chi connectivity index (χ2n) is 5.22. The summed E-state index contributed by atoms with van der Waals surface area (Å²) in [5.74, 6) is 0.288. The fourth-order valence-corrected chi connectivity index (χ4v) is 2.66. The van der Waals surface area contributed by atoms with E-state index in [1.165, 1.54) is 0 Å². The fourth-order valence-electron chi connectivity index (χ4n) is 2.66. The molecule has 1 aromatic heterocycles. The molecule has 106 valence electrons. The molecule has 0 aliphatic carbocycles. The monoisotopic (exact) mass is 275 g/mol. The number of fused-ring (bicyclic) bond motifs is 1. The van der Waals surface area contributed by atoms with E-state index in [0.29, 0.717) is 17.6 Å². The Balaban J connectivity index is 1.97. The van der Waals surface area contributed by atoms with E-state index in [1.54, 1.807) is 6.07 Å². The van der Waals surface area contributed by atoms with Gasteiger partial charge in [0, 0.05) is 18.6 Å². The molecule has 0 bridgehead atoms. The molecule has 1 aliphatic rings. The normalized spacial score (nSPS) is 20.9. The lowest BCUT2D eigenvalue weighted by Crippen LogP contribution is -2.30. The Morgan fingerprint density at radius 3 is 2.65 bits per heavy atom. The van der Waals surface area contributed by atoms with Crippen LogP contribution in [0.15, 0.2) is 27.8 Å². The molecule has 6 nitrogen and oxygen atoms in total. The average molecular weight is 275 g/mol. The first kappa shape index (κ1) is 13.1. The van der Waals surface area contributed by atoms with Crippen molar-refractivity contribution in [2.45, 2.75) is 18.9 Å². The summed E-state index contributed by atoms with van der Waals surface area (Å²) in [6, 6.07) is 5.35. The highest BCUT2D eigenvalue weighted by atomic mass is 16.5. The number of ether oxygens (including phenoxy) is 1. The lowest BCUT2D eigenvalue weighted by Gasteiger charge is -2.27. The van der Waals surface area contributed by atoms with Gasteiger partial charge in [0.15, 0.2) is 0 Å². The lowest BCUT2D eigenvalue weighted by atomic mass is 9.89. The summed E-state index contributed by atoms with van der Waals surface area (Å²) in [4.78, 5) is 27.7. The number of aromatic nitrogens is 2. The van der Waals surface area contributed by atoms with Gasteiger partial charge in [-0.3, -0.25) is 9.59 Å². The fraction of sp³-hybridized carbons (Fsp3) is 0.429. The zero-order valence-corrected chi connectivity index (χ0v) is 11.0. The number of hydrogen-bond donors (Lipinski definition) is 3. The molecule has 0 radical (unpaired) electrons. The summed E-state index contributed by atoms with van der Waals surface area (Å²) < 4.78 is 5.46. The molecule has 1 fully saturated rings. The van der Waals surface area contributed by atoms with Crippen LogP contribution in [-0.4, -0.2) is 23.2 Å². The molecule has 1 saturated heterocycles.